The number of carbonyl (C=O) groups excluding carboxylic acids is 1. The molecule has 0 saturated heterocycles. The van der Waals surface area contributed by atoms with Crippen molar-refractivity contribution < 1.29 is 4.79 Å². The van der Waals surface area contributed by atoms with Crippen molar-refractivity contribution in [1.82, 2.24) is 5.32 Å². The van der Waals surface area contributed by atoms with E-state index < -0.39 is 0 Å². The molecule has 12 heavy (non-hydrogen) atoms. The van der Waals surface area contributed by atoms with Crippen molar-refractivity contribution in [1.29, 1.82) is 0 Å². The highest BCUT2D eigenvalue weighted by atomic mass is 16.1. The van der Waals surface area contributed by atoms with Gasteiger partial charge in [-0.15, -0.1) is 0 Å². The Kier molecular flexibility index (Phi) is 2.76. The van der Waals surface area contributed by atoms with Crippen LogP contribution in [-0.4, -0.2) is 11.4 Å². The van der Waals surface area contributed by atoms with E-state index in [2.05, 4.69) is 19.2 Å². The van der Waals surface area contributed by atoms with Crippen LogP contribution in [0.25, 0.3) is 0 Å². The van der Waals surface area contributed by atoms with E-state index >= 15 is 0 Å². The summed E-state index contributed by atoms with van der Waals surface area (Å²) in [5, 5.41) is 3.07. The van der Waals surface area contributed by atoms with E-state index in [4.69, 9.17) is 0 Å². The van der Waals surface area contributed by atoms with E-state index in [1.54, 1.807) is 6.92 Å². The molecule has 1 saturated carbocycles. The number of amides is 1. The molecule has 1 amide bonds. The molecule has 0 aromatic carbocycles. The van der Waals surface area contributed by atoms with E-state index in [9.17, 15) is 4.79 Å². The molecular weight excluding hydrogens is 150 g/mol. The van der Waals surface area contributed by atoms with Crippen LogP contribution in [0.1, 0.15) is 46.5 Å². The summed E-state index contributed by atoms with van der Waals surface area (Å²) in [6.07, 6.45) is 4.95. The molecule has 1 aliphatic rings. The fourth-order valence-electron chi connectivity index (χ4n) is 2.10. The molecule has 2 unspecified atom stereocenters. The van der Waals surface area contributed by atoms with Gasteiger partial charge in [0.1, 0.15) is 0 Å². The summed E-state index contributed by atoms with van der Waals surface area (Å²) in [4.78, 5) is 11.0. The van der Waals surface area contributed by atoms with Crippen LogP contribution in [0.15, 0.2) is 0 Å². The molecule has 0 aliphatic heterocycles. The van der Waals surface area contributed by atoms with Gasteiger partial charge in [-0.1, -0.05) is 19.8 Å². The summed E-state index contributed by atoms with van der Waals surface area (Å²) in [7, 11) is 0. The van der Waals surface area contributed by atoms with Crippen molar-refractivity contribution in [3.05, 3.63) is 0 Å². The summed E-state index contributed by atoms with van der Waals surface area (Å²) < 4.78 is 0. The fourth-order valence-corrected chi connectivity index (χ4v) is 2.10. The quantitative estimate of drug-likeness (QED) is 0.640. The van der Waals surface area contributed by atoms with Crippen LogP contribution >= 0.6 is 0 Å². The zero-order valence-corrected chi connectivity index (χ0v) is 8.31. The topological polar surface area (TPSA) is 29.1 Å². The third kappa shape index (κ3) is 1.99. The van der Waals surface area contributed by atoms with Crippen LogP contribution in [0.5, 0.6) is 0 Å². The van der Waals surface area contributed by atoms with E-state index in [1.165, 1.54) is 19.3 Å². The summed E-state index contributed by atoms with van der Waals surface area (Å²) >= 11 is 0. The van der Waals surface area contributed by atoms with Gasteiger partial charge in [-0.25, -0.2) is 0 Å². The van der Waals surface area contributed by atoms with Gasteiger partial charge in [0.25, 0.3) is 0 Å². The zero-order valence-electron chi connectivity index (χ0n) is 8.31. The average Bonchev–Trinajstić information content (AvgIpc) is 1.94. The number of rotatable bonds is 1. The highest BCUT2D eigenvalue weighted by molar-refractivity contribution is 5.73. The van der Waals surface area contributed by atoms with Crippen LogP contribution in [0.4, 0.5) is 0 Å². The molecule has 0 heterocycles. The first-order valence-corrected chi connectivity index (χ1v) is 4.83. The lowest BCUT2D eigenvalue weighted by Crippen LogP contribution is -2.51. The smallest absolute Gasteiger partial charge is 0.217 e. The van der Waals surface area contributed by atoms with Crippen molar-refractivity contribution in [2.75, 3.05) is 0 Å². The van der Waals surface area contributed by atoms with Crippen LogP contribution in [0.3, 0.4) is 0 Å². The second-order valence-electron chi connectivity index (χ2n) is 4.25. The van der Waals surface area contributed by atoms with Gasteiger partial charge in [0, 0.05) is 12.5 Å². The SMILES string of the molecule is CC(=O)NC1(C)CCCCC1C. The first-order chi connectivity index (χ1) is 5.54. The van der Waals surface area contributed by atoms with Crippen LogP contribution in [-0.2, 0) is 4.79 Å². The van der Waals surface area contributed by atoms with Gasteiger partial charge in [-0.3, -0.25) is 4.79 Å². The Bertz CT molecular complexity index is 179. The van der Waals surface area contributed by atoms with E-state index in [1.807, 2.05) is 0 Å². The molecule has 1 rings (SSSR count). The Morgan fingerprint density at radius 2 is 2.17 bits per heavy atom. The Morgan fingerprint density at radius 1 is 1.50 bits per heavy atom. The Labute approximate surface area is 74.7 Å². The molecular formula is C10H19NO. The minimum Gasteiger partial charge on any atom is -0.351 e. The summed E-state index contributed by atoms with van der Waals surface area (Å²) in [6.45, 7) is 6.00. The van der Waals surface area contributed by atoms with Gasteiger partial charge >= 0.3 is 0 Å². The van der Waals surface area contributed by atoms with Crippen molar-refractivity contribution >= 4 is 5.91 Å². The van der Waals surface area contributed by atoms with Gasteiger partial charge in [-0.05, 0) is 25.7 Å². The fraction of sp³-hybridized carbons (Fsp3) is 0.900. The van der Waals surface area contributed by atoms with Gasteiger partial charge in [-0.2, -0.15) is 0 Å². The highest BCUT2D eigenvalue weighted by Gasteiger charge is 2.33. The maximum Gasteiger partial charge on any atom is 0.217 e. The van der Waals surface area contributed by atoms with Crippen molar-refractivity contribution in [3.8, 4) is 0 Å². The molecule has 0 radical (unpaired) electrons. The van der Waals surface area contributed by atoms with Crippen molar-refractivity contribution in [2.45, 2.75) is 52.0 Å². The molecule has 1 fully saturated rings. The molecule has 2 nitrogen and oxygen atoms in total. The number of hydrogen-bond acceptors (Lipinski definition) is 1. The lowest BCUT2D eigenvalue weighted by molar-refractivity contribution is -0.121. The average molecular weight is 169 g/mol. The van der Waals surface area contributed by atoms with E-state index in [0.717, 1.165) is 6.42 Å². The van der Waals surface area contributed by atoms with Crippen molar-refractivity contribution in [2.24, 2.45) is 5.92 Å². The van der Waals surface area contributed by atoms with Gasteiger partial charge in [0.2, 0.25) is 5.91 Å². The summed E-state index contributed by atoms with van der Waals surface area (Å²) in [5.41, 5.74) is 0.0596. The zero-order chi connectivity index (χ0) is 9.19. The predicted octanol–water partition coefficient (Wildman–Crippen LogP) is 2.09. The third-order valence-electron chi connectivity index (χ3n) is 3.13. The minimum absolute atomic E-state index is 0.0596. The van der Waals surface area contributed by atoms with Crippen LogP contribution < -0.4 is 5.32 Å². The predicted molar refractivity (Wildman–Crippen MR) is 49.9 cm³/mol. The summed E-state index contributed by atoms with van der Waals surface area (Å²) in [6, 6.07) is 0. The number of carbonyl (C=O) groups is 1. The van der Waals surface area contributed by atoms with Gasteiger partial charge < -0.3 is 5.32 Å². The molecule has 2 heteroatoms. The maximum atomic E-state index is 11.0. The van der Waals surface area contributed by atoms with E-state index in [0.29, 0.717) is 5.92 Å². The summed E-state index contributed by atoms with van der Waals surface area (Å²) in [5.74, 6) is 0.724. The van der Waals surface area contributed by atoms with E-state index in [-0.39, 0.29) is 11.4 Å². The molecule has 0 aromatic heterocycles. The molecule has 0 spiro atoms. The minimum atomic E-state index is 0.0596. The maximum absolute atomic E-state index is 11.0. The molecule has 0 aromatic rings. The Balaban J connectivity index is 2.59. The van der Waals surface area contributed by atoms with Gasteiger partial charge in [0.15, 0.2) is 0 Å². The monoisotopic (exact) mass is 169 g/mol. The number of nitrogens with one attached hydrogen (secondary N) is 1. The largest absolute Gasteiger partial charge is 0.351 e. The van der Waals surface area contributed by atoms with Gasteiger partial charge in [0.05, 0.1) is 0 Å². The Hall–Kier alpha value is -0.530. The molecule has 2 atom stereocenters. The Morgan fingerprint density at radius 3 is 2.67 bits per heavy atom. The highest BCUT2D eigenvalue weighted by Crippen LogP contribution is 2.32. The van der Waals surface area contributed by atoms with Crippen LogP contribution in [0, 0.1) is 5.92 Å². The molecule has 70 valence electrons. The standard InChI is InChI=1S/C10H19NO/c1-8-6-4-5-7-10(8,3)11-9(2)12/h8H,4-7H2,1-3H3,(H,11,12). The second-order valence-corrected chi connectivity index (χ2v) is 4.25. The van der Waals surface area contributed by atoms with Crippen molar-refractivity contribution in [3.63, 3.8) is 0 Å². The second kappa shape index (κ2) is 3.46. The number of hydrogen-bond donors (Lipinski definition) is 1. The first kappa shape index (κ1) is 9.56. The molecule has 1 aliphatic carbocycles. The lowest BCUT2D eigenvalue weighted by Gasteiger charge is -2.40. The normalized spacial score (nSPS) is 36.1. The molecule has 0 bridgehead atoms. The molecule has 1 N–H and O–H groups in total. The lowest BCUT2D eigenvalue weighted by atomic mass is 9.75. The third-order valence-corrected chi connectivity index (χ3v) is 3.13. The first-order valence-electron chi connectivity index (χ1n) is 4.83. The van der Waals surface area contributed by atoms with Crippen LogP contribution in [0.2, 0.25) is 0 Å².